The minimum absolute atomic E-state index is 0.0847. The summed E-state index contributed by atoms with van der Waals surface area (Å²) < 4.78 is 6.27. The van der Waals surface area contributed by atoms with Crippen molar-refractivity contribution in [3.8, 4) is 11.5 Å². The number of nitrogens with zero attached hydrogens (tertiary/aromatic N) is 4. The Kier molecular flexibility index (Phi) is 5.70. The van der Waals surface area contributed by atoms with E-state index in [0.29, 0.717) is 22.4 Å². The van der Waals surface area contributed by atoms with Crippen LogP contribution in [0.5, 0.6) is 0 Å². The third-order valence-electron chi connectivity index (χ3n) is 6.03. The van der Waals surface area contributed by atoms with Gasteiger partial charge in [-0.3, -0.25) is 14.9 Å². The number of nitro benzene ring substituents is 1. The molecule has 0 spiro atoms. The monoisotopic (exact) mass is 466 g/mol. The fourth-order valence-corrected chi connectivity index (χ4v) is 4.20. The topological polar surface area (TPSA) is 102 Å². The van der Waals surface area contributed by atoms with Crippen LogP contribution < -0.4 is 10.3 Å². The first kappa shape index (κ1) is 22.2. The van der Waals surface area contributed by atoms with E-state index in [2.05, 4.69) is 23.7 Å². The largest absolute Gasteiger partial charge is 0.453 e. The van der Waals surface area contributed by atoms with E-state index in [9.17, 15) is 14.9 Å². The average Bonchev–Trinajstić information content (AvgIpc) is 2.88. The highest BCUT2D eigenvalue weighted by Gasteiger charge is 2.17. The number of hydrogen-bond acceptors (Lipinski definition) is 6. The zero-order chi connectivity index (χ0) is 24.5. The lowest BCUT2D eigenvalue weighted by atomic mass is 10.0. The van der Waals surface area contributed by atoms with Gasteiger partial charge in [-0.05, 0) is 38.1 Å². The Morgan fingerprint density at radius 1 is 1.00 bits per heavy atom. The van der Waals surface area contributed by atoms with Crippen molar-refractivity contribution < 1.29 is 14.1 Å². The van der Waals surface area contributed by atoms with E-state index < -0.39 is 10.8 Å². The van der Waals surface area contributed by atoms with E-state index in [4.69, 9.17) is 9.40 Å². The number of non-ortho nitro benzene ring substituents is 1. The Bertz CT molecular complexity index is 1620. The van der Waals surface area contributed by atoms with E-state index in [1.165, 1.54) is 24.3 Å². The highest BCUT2D eigenvalue weighted by Crippen LogP contribution is 2.31. The molecule has 0 bridgehead atoms. The second-order valence-corrected chi connectivity index (χ2v) is 8.05. The predicted octanol–water partition coefficient (Wildman–Crippen LogP) is 5.58. The van der Waals surface area contributed by atoms with Gasteiger partial charge in [-0.25, -0.2) is 9.98 Å². The lowest BCUT2D eigenvalue weighted by Gasteiger charge is -2.21. The van der Waals surface area contributed by atoms with Crippen molar-refractivity contribution >= 4 is 39.2 Å². The van der Waals surface area contributed by atoms with Gasteiger partial charge in [0, 0.05) is 59.4 Å². The number of aromatic nitrogens is 1. The van der Waals surface area contributed by atoms with Crippen LogP contribution in [-0.4, -0.2) is 28.9 Å². The maximum Gasteiger partial charge on any atom is 0.277 e. The van der Waals surface area contributed by atoms with Gasteiger partial charge < -0.3 is 9.32 Å². The van der Waals surface area contributed by atoms with E-state index in [0.717, 1.165) is 35.1 Å². The first-order chi connectivity index (χ1) is 17.0. The van der Waals surface area contributed by atoms with Crippen LogP contribution in [0.25, 0.3) is 33.3 Å². The van der Waals surface area contributed by atoms with Crippen LogP contribution >= 0.6 is 0 Å². The average molecular weight is 466 g/mol. The first-order valence-electron chi connectivity index (χ1n) is 11.3. The molecule has 0 fully saturated rings. The normalized spacial score (nSPS) is 11.9. The van der Waals surface area contributed by atoms with E-state index in [1.807, 2.05) is 42.5 Å². The summed E-state index contributed by atoms with van der Waals surface area (Å²) in [5, 5.41) is 12.9. The molecule has 3 aromatic rings. The minimum atomic E-state index is -0.507. The fraction of sp³-hybridized carbons (Fsp3) is 0.148. The molecular formula is C27H22N4O4. The van der Waals surface area contributed by atoms with Crippen molar-refractivity contribution in [2.24, 2.45) is 4.99 Å². The molecule has 0 unspecified atom stereocenters. The highest BCUT2D eigenvalue weighted by molar-refractivity contribution is 5.99. The summed E-state index contributed by atoms with van der Waals surface area (Å²) in [5.41, 5.74) is 3.29. The summed E-state index contributed by atoms with van der Waals surface area (Å²) in [5.74, 6) is 0.0186. The van der Waals surface area contributed by atoms with Gasteiger partial charge in [0.25, 0.3) is 11.6 Å². The summed E-state index contributed by atoms with van der Waals surface area (Å²) in [6, 6.07) is 20.7. The Balaban J connectivity index is 1.69. The van der Waals surface area contributed by atoms with E-state index >= 15 is 0 Å². The summed E-state index contributed by atoms with van der Waals surface area (Å²) in [7, 11) is 0. The number of fused-ring (bicyclic) bond motifs is 4. The quantitative estimate of drug-likeness (QED) is 0.145. The molecule has 35 heavy (non-hydrogen) atoms. The maximum atomic E-state index is 12.9. The standard InChI is InChI=1S/C27H22N4O4/c1-3-30(4-2)19-13-14-22-24(15-19)35-25-16-23(20-7-5-6-8-21(20)26(25)28-22)29-27(32)17-9-11-18(12-10-17)31(33)34/h5-16H,3-4H2,1-2H3. The molecule has 0 radical (unpaired) electrons. The van der Waals surface area contributed by atoms with Crippen LogP contribution in [0.4, 0.5) is 11.4 Å². The Labute approximate surface area is 200 Å². The molecule has 174 valence electrons. The zero-order valence-electron chi connectivity index (χ0n) is 19.3. The summed E-state index contributed by atoms with van der Waals surface area (Å²) in [6.45, 7) is 5.96. The molecular weight excluding hydrogens is 444 g/mol. The summed E-state index contributed by atoms with van der Waals surface area (Å²) in [4.78, 5) is 34.7. The summed E-state index contributed by atoms with van der Waals surface area (Å²) >= 11 is 0. The van der Waals surface area contributed by atoms with Crippen LogP contribution in [0.1, 0.15) is 24.2 Å². The molecule has 1 heterocycles. The molecule has 0 N–H and O–H groups in total. The molecule has 1 amide bonds. The molecule has 3 aromatic carbocycles. The van der Waals surface area contributed by atoms with Crippen molar-refractivity contribution in [1.29, 1.82) is 0 Å². The second kappa shape index (κ2) is 8.98. The molecule has 5 rings (SSSR count). The molecule has 1 aliphatic heterocycles. The summed E-state index contributed by atoms with van der Waals surface area (Å²) in [6.07, 6.45) is 0. The number of benzene rings is 4. The van der Waals surface area contributed by atoms with Crippen LogP contribution in [0.2, 0.25) is 0 Å². The molecule has 0 aromatic heterocycles. The molecule has 0 saturated heterocycles. The van der Waals surface area contributed by atoms with Crippen molar-refractivity contribution in [3.05, 3.63) is 93.8 Å². The lowest BCUT2D eigenvalue weighted by molar-refractivity contribution is -0.384. The number of carbonyl (C=O) groups excluding carboxylic acids is 1. The van der Waals surface area contributed by atoms with Gasteiger partial charge >= 0.3 is 0 Å². The zero-order valence-corrected chi connectivity index (χ0v) is 19.3. The van der Waals surface area contributed by atoms with Crippen LogP contribution in [-0.2, 0) is 0 Å². The molecule has 0 saturated carbocycles. The van der Waals surface area contributed by atoms with Gasteiger partial charge in [-0.2, -0.15) is 0 Å². The predicted molar refractivity (Wildman–Crippen MR) is 135 cm³/mol. The van der Waals surface area contributed by atoms with Gasteiger partial charge in [0.15, 0.2) is 11.3 Å². The van der Waals surface area contributed by atoms with Gasteiger partial charge in [0.2, 0.25) is 0 Å². The Morgan fingerprint density at radius 2 is 1.71 bits per heavy atom. The van der Waals surface area contributed by atoms with Crippen molar-refractivity contribution in [2.45, 2.75) is 13.8 Å². The highest BCUT2D eigenvalue weighted by atomic mass is 16.6. The third kappa shape index (κ3) is 4.10. The molecule has 0 atom stereocenters. The number of amides is 1. The Hall–Kier alpha value is -4.59. The lowest BCUT2D eigenvalue weighted by Crippen LogP contribution is -2.21. The number of anilines is 1. The van der Waals surface area contributed by atoms with Crippen LogP contribution in [0.15, 0.2) is 82.2 Å². The third-order valence-corrected chi connectivity index (χ3v) is 6.03. The van der Waals surface area contributed by atoms with Gasteiger partial charge in [0.05, 0.1) is 10.3 Å². The minimum Gasteiger partial charge on any atom is -0.453 e. The molecule has 8 heteroatoms. The van der Waals surface area contributed by atoms with Crippen molar-refractivity contribution in [3.63, 3.8) is 0 Å². The van der Waals surface area contributed by atoms with Crippen molar-refractivity contribution in [1.82, 2.24) is 4.98 Å². The smallest absolute Gasteiger partial charge is 0.277 e. The Morgan fingerprint density at radius 3 is 2.40 bits per heavy atom. The number of hydrogen-bond donors (Lipinski definition) is 0. The van der Waals surface area contributed by atoms with Crippen molar-refractivity contribution in [2.75, 3.05) is 18.0 Å². The first-order valence-corrected chi connectivity index (χ1v) is 11.3. The van der Waals surface area contributed by atoms with Crippen LogP contribution in [0, 0.1) is 10.1 Å². The van der Waals surface area contributed by atoms with Crippen LogP contribution in [0.3, 0.4) is 0 Å². The SMILES string of the molecule is CCN(CC)c1ccc2nc3c4ccccc4c(=NC(=O)c4ccc([N+](=O)[O-])cc4)cc-3oc2c1. The number of rotatable bonds is 5. The second-order valence-electron chi connectivity index (χ2n) is 8.05. The van der Waals surface area contributed by atoms with Gasteiger partial charge in [-0.15, -0.1) is 0 Å². The van der Waals surface area contributed by atoms with Gasteiger partial charge in [0.1, 0.15) is 11.2 Å². The molecule has 2 aliphatic rings. The number of nitro groups is 1. The fourth-order valence-electron chi connectivity index (χ4n) is 4.20. The maximum absolute atomic E-state index is 12.9. The molecule has 1 aliphatic carbocycles. The van der Waals surface area contributed by atoms with E-state index in [-0.39, 0.29) is 11.3 Å². The van der Waals surface area contributed by atoms with E-state index in [1.54, 1.807) is 6.07 Å². The van der Waals surface area contributed by atoms with Gasteiger partial charge in [-0.1, -0.05) is 24.3 Å². The number of carbonyl (C=O) groups is 1. The molecule has 8 nitrogen and oxygen atoms in total.